The van der Waals surface area contributed by atoms with Crippen LogP contribution in [0.3, 0.4) is 0 Å². The Morgan fingerprint density at radius 2 is 2.10 bits per heavy atom. The van der Waals surface area contributed by atoms with Crippen LogP contribution in [0, 0.1) is 6.92 Å². The van der Waals surface area contributed by atoms with Gasteiger partial charge in [-0.2, -0.15) is 5.10 Å². The third kappa shape index (κ3) is 2.33. The first-order chi connectivity index (χ1) is 10.2. The van der Waals surface area contributed by atoms with Crippen LogP contribution in [0.5, 0.6) is 5.75 Å². The molecule has 0 bridgehead atoms. The summed E-state index contributed by atoms with van der Waals surface area (Å²) < 4.78 is 5.37. The number of hydrogen-bond donors (Lipinski definition) is 2. The summed E-state index contributed by atoms with van der Waals surface area (Å²) in [5.41, 5.74) is 10.8. The molecule has 2 heterocycles. The van der Waals surface area contributed by atoms with Crippen molar-refractivity contribution in [2.24, 2.45) is 0 Å². The maximum Gasteiger partial charge on any atom is 0.153 e. The lowest BCUT2D eigenvalue weighted by Crippen LogP contribution is -1.92. The fourth-order valence-corrected chi connectivity index (χ4v) is 2.39. The number of rotatable bonds is 3. The highest BCUT2D eigenvalue weighted by Crippen LogP contribution is 2.38. The van der Waals surface area contributed by atoms with Crippen molar-refractivity contribution in [2.75, 3.05) is 12.8 Å². The molecule has 0 atom stereocenters. The summed E-state index contributed by atoms with van der Waals surface area (Å²) in [5, 5.41) is 7.15. The average molecular weight is 280 g/mol. The van der Waals surface area contributed by atoms with E-state index in [1.807, 2.05) is 31.2 Å². The number of aromatic amines is 1. The van der Waals surface area contributed by atoms with E-state index in [2.05, 4.69) is 21.2 Å². The zero-order chi connectivity index (χ0) is 14.8. The van der Waals surface area contributed by atoms with Crippen molar-refractivity contribution in [1.82, 2.24) is 15.2 Å². The van der Waals surface area contributed by atoms with Crippen LogP contribution in [-0.4, -0.2) is 22.3 Å². The number of ether oxygens (including phenoxy) is 1. The standard InChI is InChI=1S/C16H16N4O/c1-10-4-3-5-11(8-10)14-15(19-20-16(14)17)12-6-7-18-9-13(12)21-2/h3-9H,1-2H3,(H3,17,19,20). The number of benzene rings is 1. The summed E-state index contributed by atoms with van der Waals surface area (Å²) in [6.45, 7) is 2.05. The molecule has 106 valence electrons. The SMILES string of the molecule is COc1cnccc1-c1[nH]nc(N)c1-c1cccc(C)c1. The Hall–Kier alpha value is -2.82. The molecule has 0 spiro atoms. The van der Waals surface area contributed by atoms with Crippen LogP contribution in [0.2, 0.25) is 0 Å². The Balaban J connectivity index is 2.22. The van der Waals surface area contributed by atoms with Gasteiger partial charge in [0.15, 0.2) is 5.82 Å². The fourth-order valence-electron chi connectivity index (χ4n) is 2.39. The minimum Gasteiger partial charge on any atom is -0.494 e. The molecular weight excluding hydrogens is 264 g/mol. The molecule has 0 aliphatic rings. The molecule has 0 radical (unpaired) electrons. The molecule has 0 amide bonds. The van der Waals surface area contributed by atoms with Crippen LogP contribution in [0.4, 0.5) is 5.82 Å². The fraction of sp³-hybridized carbons (Fsp3) is 0.125. The number of anilines is 1. The number of nitrogens with two attached hydrogens (primary N) is 1. The molecule has 0 aliphatic carbocycles. The van der Waals surface area contributed by atoms with E-state index in [4.69, 9.17) is 10.5 Å². The van der Waals surface area contributed by atoms with Crippen LogP contribution in [-0.2, 0) is 0 Å². The van der Waals surface area contributed by atoms with Crippen molar-refractivity contribution in [3.8, 4) is 28.1 Å². The largest absolute Gasteiger partial charge is 0.494 e. The van der Waals surface area contributed by atoms with Crippen LogP contribution in [0.1, 0.15) is 5.56 Å². The third-order valence-electron chi connectivity index (χ3n) is 3.37. The van der Waals surface area contributed by atoms with Gasteiger partial charge in [0.25, 0.3) is 0 Å². The zero-order valence-corrected chi connectivity index (χ0v) is 11.9. The lowest BCUT2D eigenvalue weighted by Gasteiger charge is -2.09. The molecule has 3 aromatic rings. The molecule has 5 nitrogen and oxygen atoms in total. The van der Waals surface area contributed by atoms with Crippen LogP contribution < -0.4 is 10.5 Å². The number of H-pyrrole nitrogens is 1. The predicted molar refractivity (Wildman–Crippen MR) is 83.0 cm³/mol. The number of nitrogens with zero attached hydrogens (tertiary/aromatic N) is 2. The average Bonchev–Trinajstić information content (AvgIpc) is 2.88. The highest BCUT2D eigenvalue weighted by Gasteiger charge is 2.17. The van der Waals surface area contributed by atoms with Crippen molar-refractivity contribution >= 4 is 5.82 Å². The van der Waals surface area contributed by atoms with E-state index < -0.39 is 0 Å². The van der Waals surface area contributed by atoms with E-state index in [0.717, 1.165) is 22.4 Å². The Bertz CT molecular complexity index is 779. The van der Waals surface area contributed by atoms with E-state index in [9.17, 15) is 0 Å². The highest BCUT2D eigenvalue weighted by atomic mass is 16.5. The van der Waals surface area contributed by atoms with Gasteiger partial charge in [0.1, 0.15) is 5.75 Å². The van der Waals surface area contributed by atoms with Gasteiger partial charge in [0.05, 0.1) is 24.6 Å². The summed E-state index contributed by atoms with van der Waals surface area (Å²) in [5.74, 6) is 1.14. The van der Waals surface area contributed by atoms with Crippen molar-refractivity contribution in [2.45, 2.75) is 6.92 Å². The number of pyridine rings is 1. The molecule has 0 fully saturated rings. The molecule has 21 heavy (non-hydrogen) atoms. The summed E-state index contributed by atoms with van der Waals surface area (Å²) in [7, 11) is 1.62. The maximum atomic E-state index is 6.05. The van der Waals surface area contributed by atoms with Crippen molar-refractivity contribution in [3.05, 3.63) is 48.3 Å². The maximum absolute atomic E-state index is 6.05. The smallest absolute Gasteiger partial charge is 0.153 e. The van der Waals surface area contributed by atoms with E-state index in [0.29, 0.717) is 11.6 Å². The van der Waals surface area contributed by atoms with Gasteiger partial charge in [0.2, 0.25) is 0 Å². The summed E-state index contributed by atoms with van der Waals surface area (Å²) in [6.07, 6.45) is 3.39. The first-order valence-corrected chi connectivity index (χ1v) is 6.60. The van der Waals surface area contributed by atoms with E-state index in [1.165, 1.54) is 5.56 Å². The van der Waals surface area contributed by atoms with Crippen molar-refractivity contribution < 1.29 is 4.74 Å². The minimum atomic E-state index is 0.467. The third-order valence-corrected chi connectivity index (χ3v) is 3.37. The van der Waals surface area contributed by atoms with E-state index >= 15 is 0 Å². The molecular formula is C16H16N4O. The van der Waals surface area contributed by atoms with E-state index in [1.54, 1.807) is 19.5 Å². The van der Waals surface area contributed by atoms with Gasteiger partial charge in [-0.1, -0.05) is 29.8 Å². The predicted octanol–water partition coefficient (Wildman–Crippen LogP) is 3.04. The van der Waals surface area contributed by atoms with Gasteiger partial charge in [-0.05, 0) is 18.6 Å². The first kappa shape index (κ1) is 13.2. The number of methoxy groups -OCH3 is 1. The van der Waals surface area contributed by atoms with Gasteiger partial charge >= 0.3 is 0 Å². The lowest BCUT2D eigenvalue weighted by atomic mass is 9.99. The van der Waals surface area contributed by atoms with Crippen LogP contribution >= 0.6 is 0 Å². The molecule has 0 saturated heterocycles. The Kier molecular flexibility index (Phi) is 3.31. The molecule has 0 saturated carbocycles. The Morgan fingerprint density at radius 3 is 2.86 bits per heavy atom. The summed E-state index contributed by atoms with van der Waals surface area (Å²) >= 11 is 0. The summed E-state index contributed by atoms with van der Waals surface area (Å²) in [4.78, 5) is 4.07. The lowest BCUT2D eigenvalue weighted by molar-refractivity contribution is 0.414. The van der Waals surface area contributed by atoms with Crippen molar-refractivity contribution in [1.29, 1.82) is 0 Å². The summed E-state index contributed by atoms with van der Waals surface area (Å²) in [6, 6.07) is 10.0. The second-order valence-electron chi connectivity index (χ2n) is 4.80. The second-order valence-corrected chi connectivity index (χ2v) is 4.80. The van der Waals surface area contributed by atoms with Crippen LogP contribution in [0.15, 0.2) is 42.7 Å². The molecule has 0 aliphatic heterocycles. The van der Waals surface area contributed by atoms with Gasteiger partial charge in [-0.15, -0.1) is 0 Å². The quantitative estimate of drug-likeness (QED) is 0.773. The van der Waals surface area contributed by atoms with Crippen LogP contribution in [0.25, 0.3) is 22.4 Å². The number of aryl methyl sites for hydroxylation is 1. The van der Waals surface area contributed by atoms with Crippen molar-refractivity contribution in [3.63, 3.8) is 0 Å². The zero-order valence-electron chi connectivity index (χ0n) is 11.9. The molecule has 5 heteroatoms. The normalized spacial score (nSPS) is 10.6. The second kappa shape index (κ2) is 5.28. The first-order valence-electron chi connectivity index (χ1n) is 6.60. The molecule has 3 N–H and O–H groups in total. The van der Waals surface area contributed by atoms with Gasteiger partial charge in [0, 0.05) is 11.8 Å². The molecule has 0 unspecified atom stereocenters. The topological polar surface area (TPSA) is 76.8 Å². The minimum absolute atomic E-state index is 0.467. The molecule has 2 aromatic heterocycles. The highest BCUT2D eigenvalue weighted by molar-refractivity contribution is 5.89. The number of nitrogen functional groups attached to an aromatic ring is 1. The van der Waals surface area contributed by atoms with Gasteiger partial charge < -0.3 is 10.5 Å². The van der Waals surface area contributed by atoms with Gasteiger partial charge in [-0.3, -0.25) is 10.1 Å². The molecule has 3 rings (SSSR count). The monoisotopic (exact) mass is 280 g/mol. The Morgan fingerprint density at radius 1 is 1.24 bits per heavy atom. The number of aromatic nitrogens is 3. The molecule has 1 aromatic carbocycles. The number of nitrogens with one attached hydrogen (secondary N) is 1. The number of hydrogen-bond acceptors (Lipinski definition) is 4. The van der Waals surface area contributed by atoms with Gasteiger partial charge in [-0.25, -0.2) is 0 Å². The van der Waals surface area contributed by atoms with E-state index in [-0.39, 0.29) is 0 Å². The Labute approximate surface area is 122 Å².